The van der Waals surface area contributed by atoms with Crippen molar-refractivity contribution in [1.82, 2.24) is 4.98 Å². The highest BCUT2D eigenvalue weighted by Crippen LogP contribution is 2.22. The number of aliphatic hydroxyl groups is 1. The minimum atomic E-state index is -0.411. The predicted octanol–water partition coefficient (Wildman–Crippen LogP) is 5.04. The van der Waals surface area contributed by atoms with E-state index in [1.165, 1.54) is 7.11 Å². The number of benzene rings is 2. The summed E-state index contributed by atoms with van der Waals surface area (Å²) in [5.41, 5.74) is 2.71. The molecule has 0 saturated carbocycles. The largest absolute Gasteiger partial charge is 0.493 e. The second-order valence-corrected chi connectivity index (χ2v) is 6.36. The highest BCUT2D eigenvalue weighted by Gasteiger charge is 2.20. The first-order valence-electron chi connectivity index (χ1n) is 9.15. The fraction of sp³-hybridized carbons (Fsp3) is 0.227. The maximum Gasteiger partial charge on any atom is 0.444 e. The lowest BCUT2D eigenvalue weighted by Crippen LogP contribution is -2.03. The van der Waals surface area contributed by atoms with Crippen molar-refractivity contribution in [2.24, 2.45) is 0 Å². The van der Waals surface area contributed by atoms with Crippen LogP contribution in [0.4, 0.5) is 0 Å². The lowest BCUT2D eigenvalue weighted by molar-refractivity contribution is 0.131. The number of nitrogens with zero attached hydrogens (tertiary/aromatic N) is 3. The summed E-state index contributed by atoms with van der Waals surface area (Å²) in [4.78, 5) is 7.62. The Morgan fingerprint density at radius 2 is 1.86 bits per heavy atom. The molecule has 3 aromatic rings. The van der Waals surface area contributed by atoms with E-state index in [-0.39, 0.29) is 12.1 Å². The van der Waals surface area contributed by atoms with Gasteiger partial charge in [0.05, 0.1) is 25.8 Å². The van der Waals surface area contributed by atoms with Crippen molar-refractivity contribution in [3.63, 3.8) is 0 Å². The van der Waals surface area contributed by atoms with Crippen molar-refractivity contribution in [2.75, 3.05) is 13.7 Å². The smallest absolute Gasteiger partial charge is 0.444 e. The van der Waals surface area contributed by atoms with Crippen molar-refractivity contribution < 1.29 is 19.0 Å². The third-order valence-corrected chi connectivity index (χ3v) is 4.38. The number of hydrogen-bond donors (Lipinski definition) is 1. The van der Waals surface area contributed by atoms with E-state index in [1.54, 1.807) is 0 Å². The molecular weight excluding hydrogens is 370 g/mol. The topological polar surface area (TPSA) is 92.9 Å². The number of aryl methyl sites for hydroxylation is 1. The molecule has 0 radical (unpaired) electrons. The summed E-state index contributed by atoms with van der Waals surface area (Å²) < 4.78 is 16.2. The molecule has 1 aromatic heterocycles. The van der Waals surface area contributed by atoms with Gasteiger partial charge < -0.3 is 19.0 Å². The Morgan fingerprint density at radius 3 is 2.52 bits per heavy atom. The first-order valence-corrected chi connectivity index (χ1v) is 9.15. The molecule has 0 amide bonds. The van der Waals surface area contributed by atoms with Crippen LogP contribution in [0.5, 0.6) is 5.75 Å². The summed E-state index contributed by atoms with van der Waals surface area (Å²) in [7, 11) is 1.30. The molecule has 0 spiro atoms. The third-order valence-electron chi connectivity index (χ3n) is 4.38. The minimum absolute atomic E-state index is 0.0527. The Kier molecular flexibility index (Phi) is 6.48. The van der Waals surface area contributed by atoms with Crippen LogP contribution in [0.3, 0.4) is 0 Å². The number of allylic oxidation sites excluding steroid dienone is 1. The molecule has 0 fully saturated rings. The Hall–Kier alpha value is -3.79. The lowest BCUT2D eigenvalue weighted by Gasteiger charge is -2.05. The number of ether oxygens (including phenoxy) is 2. The van der Waals surface area contributed by atoms with Gasteiger partial charge in [-0.1, -0.05) is 30.3 Å². The number of oxazole rings is 1. The van der Waals surface area contributed by atoms with Crippen molar-refractivity contribution in [2.45, 2.75) is 19.8 Å². The van der Waals surface area contributed by atoms with Gasteiger partial charge in [0.1, 0.15) is 11.5 Å². The summed E-state index contributed by atoms with van der Waals surface area (Å²) in [6, 6.07) is 17.1. The molecule has 0 aliphatic rings. The number of aromatic nitrogens is 1. The van der Waals surface area contributed by atoms with Gasteiger partial charge in [-0.25, -0.2) is 4.98 Å². The number of rotatable bonds is 8. The van der Waals surface area contributed by atoms with Gasteiger partial charge in [-0.05, 0) is 36.8 Å². The molecule has 1 N–H and O–H groups in total. The van der Waals surface area contributed by atoms with E-state index >= 15 is 0 Å². The normalized spacial score (nSPS) is 11.5. The highest BCUT2D eigenvalue weighted by atomic mass is 16.6. The van der Waals surface area contributed by atoms with E-state index in [4.69, 9.17) is 14.5 Å². The molecule has 0 aliphatic carbocycles. The fourth-order valence-electron chi connectivity index (χ4n) is 2.80. The standard InChI is InChI=1S/C22H21N3O4/c1-15-19(24-21(29-15)17-6-4-3-5-7-17)12-13-28-18-10-8-16(9-11-18)14-20(25-23)22(26)27-2/h3-11H,12-14H2,1-2H3/p+1/b22-20-. The van der Waals surface area contributed by atoms with Gasteiger partial charge in [-0.2, -0.15) is 0 Å². The molecule has 2 aromatic carbocycles. The lowest BCUT2D eigenvalue weighted by atomic mass is 10.1. The van der Waals surface area contributed by atoms with Crippen molar-refractivity contribution >= 4 is 0 Å². The maximum atomic E-state index is 9.52. The number of hydrogen-bond acceptors (Lipinski definition) is 6. The molecule has 3 rings (SSSR count). The molecule has 0 unspecified atom stereocenters. The quantitative estimate of drug-likeness (QED) is 0.426. The van der Waals surface area contributed by atoms with E-state index in [9.17, 15) is 5.11 Å². The molecule has 0 saturated heterocycles. The highest BCUT2D eigenvalue weighted by molar-refractivity contribution is 5.53. The van der Waals surface area contributed by atoms with Crippen molar-refractivity contribution in [1.29, 1.82) is 5.39 Å². The summed E-state index contributed by atoms with van der Waals surface area (Å²) in [5, 5.41) is 18.5. The zero-order chi connectivity index (χ0) is 20.6. The van der Waals surface area contributed by atoms with Gasteiger partial charge in [0, 0.05) is 12.0 Å². The Balaban J connectivity index is 1.56. The SMILES string of the molecule is CO/C(O)=C(/Cc1ccc(OCCc2nc(-c3ccccc3)oc2C)cc1)[N+]#N. The number of methoxy groups -OCH3 is 1. The van der Waals surface area contributed by atoms with Gasteiger partial charge in [-0.15, -0.1) is 0 Å². The average molecular weight is 392 g/mol. The molecule has 1 heterocycles. The molecule has 7 nitrogen and oxygen atoms in total. The fourth-order valence-corrected chi connectivity index (χ4v) is 2.80. The van der Waals surface area contributed by atoms with Gasteiger partial charge in [0.25, 0.3) is 0 Å². The van der Waals surface area contributed by atoms with E-state index in [0.29, 0.717) is 24.7 Å². The van der Waals surface area contributed by atoms with Crippen molar-refractivity contribution in [3.8, 4) is 17.2 Å². The summed E-state index contributed by atoms with van der Waals surface area (Å²) >= 11 is 0. The van der Waals surface area contributed by atoms with Crippen LogP contribution in [-0.2, 0) is 17.6 Å². The van der Waals surface area contributed by atoms with Gasteiger partial charge in [0.15, 0.2) is 4.98 Å². The van der Waals surface area contributed by atoms with Crippen LogP contribution in [-0.4, -0.2) is 23.8 Å². The average Bonchev–Trinajstić information content (AvgIpc) is 3.13. The van der Waals surface area contributed by atoms with Gasteiger partial charge in [0.2, 0.25) is 11.3 Å². The van der Waals surface area contributed by atoms with E-state index < -0.39 is 5.95 Å². The number of aliphatic hydroxyl groups excluding tert-OH is 1. The zero-order valence-electron chi connectivity index (χ0n) is 16.3. The molecular formula is C22H22N3O4+. The van der Waals surface area contributed by atoms with Crippen LogP contribution in [0.1, 0.15) is 17.0 Å². The van der Waals surface area contributed by atoms with Crippen LogP contribution in [0.25, 0.3) is 16.4 Å². The van der Waals surface area contributed by atoms with Crippen LogP contribution in [0.2, 0.25) is 0 Å². The van der Waals surface area contributed by atoms with Crippen molar-refractivity contribution in [3.05, 3.63) is 88.2 Å². The Labute approximate surface area is 168 Å². The second kappa shape index (κ2) is 9.42. The molecule has 29 heavy (non-hydrogen) atoms. The summed E-state index contributed by atoms with van der Waals surface area (Å²) in [6.07, 6.45) is 0.860. The zero-order valence-corrected chi connectivity index (χ0v) is 16.3. The monoisotopic (exact) mass is 392 g/mol. The first-order chi connectivity index (χ1) is 14.1. The van der Waals surface area contributed by atoms with E-state index in [0.717, 1.165) is 22.6 Å². The molecule has 7 heteroatoms. The van der Waals surface area contributed by atoms with Crippen LogP contribution in [0, 0.1) is 12.3 Å². The second-order valence-electron chi connectivity index (χ2n) is 6.36. The van der Waals surface area contributed by atoms with Crippen LogP contribution >= 0.6 is 0 Å². The van der Waals surface area contributed by atoms with E-state index in [1.807, 2.05) is 61.5 Å². The Morgan fingerprint density at radius 1 is 1.14 bits per heavy atom. The van der Waals surface area contributed by atoms with Gasteiger partial charge in [-0.3, -0.25) is 0 Å². The third kappa shape index (κ3) is 5.14. The van der Waals surface area contributed by atoms with Crippen LogP contribution < -0.4 is 4.74 Å². The molecule has 148 valence electrons. The summed E-state index contributed by atoms with van der Waals surface area (Å²) in [6.45, 7) is 2.36. The van der Waals surface area contributed by atoms with E-state index in [2.05, 4.69) is 14.7 Å². The predicted molar refractivity (Wildman–Crippen MR) is 108 cm³/mol. The van der Waals surface area contributed by atoms with Gasteiger partial charge >= 0.3 is 11.6 Å². The minimum Gasteiger partial charge on any atom is -0.493 e. The summed E-state index contributed by atoms with van der Waals surface area (Å²) in [5.74, 6) is 1.69. The first kappa shape index (κ1) is 20.0. The Bertz CT molecular complexity index is 1020. The molecule has 0 bridgehead atoms. The molecule has 0 atom stereocenters. The number of diazo groups is 1. The van der Waals surface area contributed by atoms with Crippen LogP contribution in [0.15, 0.2) is 70.7 Å². The molecule has 0 aliphatic heterocycles. The maximum absolute atomic E-state index is 9.52.